The molecule has 0 saturated carbocycles. The molecular weight excluding hydrogens is 238 g/mol. The van der Waals surface area contributed by atoms with E-state index in [2.05, 4.69) is 0 Å². The van der Waals surface area contributed by atoms with Crippen LogP contribution in [0.2, 0.25) is 5.02 Å². The smallest absolute Gasteiger partial charge is 0.207 e. The first-order chi connectivity index (χ1) is 5.82. The summed E-state index contributed by atoms with van der Waals surface area (Å²) in [5, 5.41) is -0.251. The van der Waals surface area contributed by atoms with Crippen molar-refractivity contribution in [3.63, 3.8) is 0 Å². The zero-order chi connectivity index (χ0) is 10.2. The Kier molecular flexibility index (Phi) is 2.85. The molecule has 1 aromatic carbocycles. The minimum atomic E-state index is -3.84. The average Bonchev–Trinajstić information content (AvgIpc) is 1.97. The molecule has 0 aliphatic heterocycles. The van der Waals surface area contributed by atoms with Gasteiger partial charge in [0.15, 0.2) is 0 Å². The van der Waals surface area contributed by atoms with E-state index < -0.39 is 14.9 Å². The lowest BCUT2D eigenvalue weighted by Crippen LogP contribution is -1.94. The van der Waals surface area contributed by atoms with Gasteiger partial charge >= 0.3 is 0 Å². The van der Waals surface area contributed by atoms with Gasteiger partial charge in [0.2, 0.25) is 0 Å². The molecule has 2 nitrogen and oxygen atoms in total. The van der Waals surface area contributed by atoms with Gasteiger partial charge in [0, 0.05) is 10.7 Å². The normalized spacial score (nSPS) is 11.7. The molecular formula is C7H5Cl2FO2S. The fourth-order valence-corrected chi connectivity index (χ4v) is 2.01. The quantitative estimate of drug-likeness (QED) is 0.710. The maximum atomic E-state index is 12.9. The Morgan fingerprint density at radius 1 is 1.38 bits per heavy atom. The average molecular weight is 243 g/mol. The summed E-state index contributed by atoms with van der Waals surface area (Å²) in [5.74, 6) is -0.634. The number of hydrogen-bond donors (Lipinski definition) is 0. The van der Waals surface area contributed by atoms with Crippen LogP contribution in [0.5, 0.6) is 0 Å². The Balaban J connectivity index is 3.47. The number of halogens is 3. The van der Waals surface area contributed by atoms with E-state index >= 15 is 0 Å². The maximum absolute atomic E-state index is 12.9. The number of aryl methyl sites for hydroxylation is 1. The van der Waals surface area contributed by atoms with Gasteiger partial charge in [-0.15, -0.1) is 0 Å². The van der Waals surface area contributed by atoms with Crippen LogP contribution in [0.15, 0.2) is 17.0 Å². The number of hydrogen-bond acceptors (Lipinski definition) is 2. The van der Waals surface area contributed by atoms with E-state index in [-0.39, 0.29) is 15.5 Å². The van der Waals surface area contributed by atoms with Crippen LogP contribution in [0, 0.1) is 12.7 Å². The van der Waals surface area contributed by atoms with E-state index in [0.29, 0.717) is 0 Å². The lowest BCUT2D eigenvalue weighted by molar-refractivity contribution is 0.605. The van der Waals surface area contributed by atoms with Gasteiger partial charge in [0.05, 0.1) is 9.92 Å². The van der Waals surface area contributed by atoms with Crippen LogP contribution >= 0.6 is 22.3 Å². The van der Waals surface area contributed by atoms with Gasteiger partial charge in [-0.1, -0.05) is 11.6 Å². The van der Waals surface area contributed by atoms with Crippen molar-refractivity contribution in [2.24, 2.45) is 0 Å². The third-order valence-electron chi connectivity index (χ3n) is 1.47. The first-order valence-electron chi connectivity index (χ1n) is 3.22. The van der Waals surface area contributed by atoms with Crippen molar-refractivity contribution >= 4 is 31.3 Å². The highest BCUT2D eigenvalue weighted by atomic mass is 35.7. The van der Waals surface area contributed by atoms with Crippen LogP contribution in [-0.2, 0) is 9.05 Å². The van der Waals surface area contributed by atoms with Crippen molar-refractivity contribution in [1.82, 2.24) is 0 Å². The molecule has 0 saturated heterocycles. The van der Waals surface area contributed by atoms with Gasteiger partial charge in [-0.05, 0) is 24.6 Å². The summed E-state index contributed by atoms with van der Waals surface area (Å²) in [6, 6.07) is 2.11. The molecule has 0 bridgehead atoms. The Morgan fingerprint density at radius 2 is 1.92 bits per heavy atom. The van der Waals surface area contributed by atoms with Gasteiger partial charge < -0.3 is 0 Å². The van der Waals surface area contributed by atoms with Crippen LogP contribution in [-0.4, -0.2) is 8.42 Å². The summed E-state index contributed by atoms with van der Waals surface area (Å²) < 4.78 is 34.6. The predicted molar refractivity (Wildman–Crippen MR) is 49.2 cm³/mol. The number of benzene rings is 1. The summed E-state index contributed by atoms with van der Waals surface area (Å²) in [6.07, 6.45) is 0. The molecule has 1 aromatic rings. The molecule has 0 spiro atoms. The third kappa shape index (κ3) is 2.33. The van der Waals surface area contributed by atoms with E-state index in [0.717, 1.165) is 12.1 Å². The van der Waals surface area contributed by atoms with Crippen LogP contribution in [0.25, 0.3) is 0 Å². The van der Waals surface area contributed by atoms with E-state index in [1.165, 1.54) is 6.92 Å². The summed E-state index contributed by atoms with van der Waals surface area (Å²) in [7, 11) is 1.20. The largest absolute Gasteiger partial charge is 0.261 e. The molecule has 13 heavy (non-hydrogen) atoms. The zero-order valence-electron chi connectivity index (χ0n) is 6.51. The van der Waals surface area contributed by atoms with Crippen molar-refractivity contribution in [2.75, 3.05) is 0 Å². The monoisotopic (exact) mass is 242 g/mol. The molecule has 0 fully saturated rings. The molecule has 0 atom stereocenters. The van der Waals surface area contributed by atoms with E-state index in [1.54, 1.807) is 0 Å². The van der Waals surface area contributed by atoms with Gasteiger partial charge in [-0.2, -0.15) is 0 Å². The molecule has 0 heterocycles. The Morgan fingerprint density at radius 3 is 2.31 bits per heavy atom. The highest BCUT2D eigenvalue weighted by molar-refractivity contribution is 8.13. The Labute approximate surface area is 84.7 Å². The van der Waals surface area contributed by atoms with Gasteiger partial charge in [-0.3, -0.25) is 0 Å². The van der Waals surface area contributed by atoms with Crippen molar-refractivity contribution < 1.29 is 12.8 Å². The van der Waals surface area contributed by atoms with Crippen LogP contribution in [0.1, 0.15) is 5.56 Å². The molecule has 0 radical (unpaired) electrons. The van der Waals surface area contributed by atoms with Gasteiger partial charge in [-0.25, -0.2) is 12.8 Å². The topological polar surface area (TPSA) is 34.1 Å². The minimum absolute atomic E-state index is 0.145. The fourth-order valence-electron chi connectivity index (χ4n) is 0.836. The van der Waals surface area contributed by atoms with E-state index in [1.807, 2.05) is 0 Å². The first kappa shape index (κ1) is 10.8. The molecule has 0 N–H and O–H groups in total. The maximum Gasteiger partial charge on any atom is 0.261 e. The predicted octanol–water partition coefficient (Wildman–Crippen LogP) is 2.72. The molecule has 0 aliphatic carbocycles. The van der Waals surface area contributed by atoms with Gasteiger partial charge in [0.1, 0.15) is 5.82 Å². The van der Waals surface area contributed by atoms with Crippen LogP contribution in [0.4, 0.5) is 4.39 Å². The molecule has 6 heteroatoms. The summed E-state index contributed by atoms with van der Waals surface area (Å²) in [6.45, 7) is 1.41. The first-order valence-corrected chi connectivity index (χ1v) is 5.91. The second-order valence-electron chi connectivity index (χ2n) is 2.47. The van der Waals surface area contributed by atoms with Crippen molar-refractivity contribution in [3.8, 4) is 0 Å². The third-order valence-corrected chi connectivity index (χ3v) is 3.07. The highest BCUT2D eigenvalue weighted by Crippen LogP contribution is 2.24. The lowest BCUT2D eigenvalue weighted by Gasteiger charge is -2.01. The van der Waals surface area contributed by atoms with Crippen molar-refractivity contribution in [2.45, 2.75) is 11.8 Å². The van der Waals surface area contributed by atoms with Crippen molar-refractivity contribution in [1.29, 1.82) is 0 Å². The highest BCUT2D eigenvalue weighted by Gasteiger charge is 2.14. The molecule has 0 amide bonds. The molecule has 1 rings (SSSR count). The van der Waals surface area contributed by atoms with Gasteiger partial charge in [0.25, 0.3) is 9.05 Å². The molecule has 0 aliphatic rings. The SMILES string of the molecule is Cc1cc(S(=O)(=O)Cl)cc(Cl)c1F. The van der Waals surface area contributed by atoms with E-state index in [4.69, 9.17) is 22.3 Å². The molecule has 72 valence electrons. The number of rotatable bonds is 1. The standard InChI is InChI=1S/C7H5Cl2FO2S/c1-4-2-5(13(9,11)12)3-6(8)7(4)10/h2-3H,1H3. The summed E-state index contributed by atoms with van der Waals surface area (Å²) in [5.41, 5.74) is 0.145. The van der Waals surface area contributed by atoms with Crippen LogP contribution in [0.3, 0.4) is 0 Å². The second-order valence-corrected chi connectivity index (χ2v) is 5.45. The Bertz CT molecular complexity index is 419. The zero-order valence-corrected chi connectivity index (χ0v) is 8.84. The lowest BCUT2D eigenvalue weighted by atomic mass is 10.2. The minimum Gasteiger partial charge on any atom is -0.207 e. The fraction of sp³-hybridized carbons (Fsp3) is 0.143. The Hall–Kier alpha value is -0.320. The van der Waals surface area contributed by atoms with Crippen LogP contribution < -0.4 is 0 Å². The van der Waals surface area contributed by atoms with E-state index in [9.17, 15) is 12.8 Å². The summed E-state index contributed by atoms with van der Waals surface area (Å²) >= 11 is 5.43. The molecule has 0 aromatic heterocycles. The molecule has 0 unspecified atom stereocenters. The van der Waals surface area contributed by atoms with Crippen molar-refractivity contribution in [3.05, 3.63) is 28.5 Å². The summed E-state index contributed by atoms with van der Waals surface area (Å²) in [4.78, 5) is -0.196. The second kappa shape index (κ2) is 3.44.